The van der Waals surface area contributed by atoms with E-state index in [9.17, 15) is 14.7 Å². The van der Waals surface area contributed by atoms with Crippen molar-refractivity contribution < 1.29 is 24.2 Å². The Morgan fingerprint density at radius 1 is 0.893 bits per heavy atom. The van der Waals surface area contributed by atoms with Crippen LogP contribution < -0.4 is 4.74 Å². The first-order chi connectivity index (χ1) is 13.6. The predicted molar refractivity (Wildman–Crippen MR) is 105 cm³/mol. The van der Waals surface area contributed by atoms with Crippen molar-refractivity contribution in [3.8, 4) is 11.5 Å². The topological polar surface area (TPSA) is 76.1 Å². The molecule has 0 amide bonds. The maximum Gasteiger partial charge on any atom is 0.343 e. The average Bonchev–Trinajstić information content (AvgIpc) is 3.51. The second-order valence-electron chi connectivity index (χ2n) is 6.24. The summed E-state index contributed by atoms with van der Waals surface area (Å²) in [5.41, 5.74) is 0.725. The molecule has 1 saturated heterocycles. The smallest absolute Gasteiger partial charge is 0.343 e. The molecule has 4 rings (SSSR count). The van der Waals surface area contributed by atoms with E-state index in [4.69, 9.17) is 9.47 Å². The number of carbonyl (C=O) groups excluding carboxylic acids is 2. The highest BCUT2D eigenvalue weighted by molar-refractivity contribution is 6.12. The summed E-state index contributed by atoms with van der Waals surface area (Å²) < 4.78 is 10.0. The van der Waals surface area contributed by atoms with Crippen LogP contribution in [-0.4, -0.2) is 29.6 Å². The maximum atomic E-state index is 12.7. The molecule has 1 heterocycles. The number of hydrogen-bond acceptors (Lipinski definition) is 5. The lowest BCUT2D eigenvalue weighted by Gasteiger charge is -2.11. The second kappa shape index (κ2) is 8.97. The monoisotopic (exact) mass is 376 g/mol. The number of ether oxygens (including phenoxy) is 2. The molecule has 0 bridgehead atoms. The fourth-order valence-corrected chi connectivity index (χ4v) is 2.40. The first-order valence-electron chi connectivity index (χ1n) is 8.87. The number of aromatic hydroxyl groups is 1. The second-order valence-corrected chi connectivity index (χ2v) is 6.24. The highest BCUT2D eigenvalue weighted by atomic mass is 16.6. The van der Waals surface area contributed by atoms with Gasteiger partial charge in [-0.25, -0.2) is 4.79 Å². The SMILES string of the molecule is CC1CO1.O=C(Oc1cccc(O)c1C(=O)c1ccccc1)c1ccccc1. The lowest BCUT2D eigenvalue weighted by Crippen LogP contribution is -2.12. The molecular weight excluding hydrogens is 356 g/mol. The Morgan fingerprint density at radius 2 is 1.43 bits per heavy atom. The van der Waals surface area contributed by atoms with Crippen molar-refractivity contribution in [2.75, 3.05) is 6.61 Å². The zero-order chi connectivity index (χ0) is 19.9. The van der Waals surface area contributed by atoms with Gasteiger partial charge in [0.05, 0.1) is 18.3 Å². The third-order valence-corrected chi connectivity index (χ3v) is 3.98. The number of esters is 1. The van der Waals surface area contributed by atoms with Crippen LogP contribution in [0.4, 0.5) is 0 Å². The number of phenols is 1. The van der Waals surface area contributed by atoms with Crippen molar-refractivity contribution in [2.24, 2.45) is 0 Å². The average molecular weight is 376 g/mol. The Hall–Kier alpha value is -3.44. The quantitative estimate of drug-likeness (QED) is 0.319. The number of benzene rings is 3. The third kappa shape index (κ3) is 5.05. The molecule has 28 heavy (non-hydrogen) atoms. The maximum absolute atomic E-state index is 12.7. The highest BCUT2D eigenvalue weighted by Crippen LogP contribution is 2.30. The van der Waals surface area contributed by atoms with Crippen molar-refractivity contribution in [1.29, 1.82) is 0 Å². The fourth-order valence-electron chi connectivity index (χ4n) is 2.40. The van der Waals surface area contributed by atoms with Gasteiger partial charge in [-0.2, -0.15) is 0 Å². The van der Waals surface area contributed by atoms with Crippen LogP contribution in [0.5, 0.6) is 11.5 Å². The van der Waals surface area contributed by atoms with Crippen LogP contribution in [0.25, 0.3) is 0 Å². The van der Waals surface area contributed by atoms with Gasteiger partial charge in [0.2, 0.25) is 5.78 Å². The van der Waals surface area contributed by atoms with Crippen molar-refractivity contribution in [3.63, 3.8) is 0 Å². The number of phenolic OH excluding ortho intramolecular Hbond substituents is 1. The molecule has 1 fully saturated rings. The van der Waals surface area contributed by atoms with E-state index in [1.807, 2.05) is 0 Å². The van der Waals surface area contributed by atoms with Crippen LogP contribution in [0.15, 0.2) is 78.9 Å². The van der Waals surface area contributed by atoms with Crippen LogP contribution in [0.1, 0.15) is 33.2 Å². The van der Waals surface area contributed by atoms with Crippen LogP contribution in [0.3, 0.4) is 0 Å². The molecule has 142 valence electrons. The van der Waals surface area contributed by atoms with E-state index in [2.05, 4.69) is 6.92 Å². The van der Waals surface area contributed by atoms with Gasteiger partial charge < -0.3 is 14.6 Å². The summed E-state index contributed by atoms with van der Waals surface area (Å²) in [5, 5.41) is 10.1. The number of epoxide rings is 1. The zero-order valence-corrected chi connectivity index (χ0v) is 15.4. The van der Waals surface area contributed by atoms with Crippen LogP contribution in [0.2, 0.25) is 0 Å². The van der Waals surface area contributed by atoms with E-state index in [1.165, 1.54) is 18.2 Å². The number of ketones is 1. The molecule has 5 heteroatoms. The van der Waals surface area contributed by atoms with Crippen molar-refractivity contribution in [3.05, 3.63) is 95.6 Å². The number of carbonyl (C=O) groups is 2. The summed E-state index contributed by atoms with van der Waals surface area (Å²) in [6.07, 6.45) is 0.583. The zero-order valence-electron chi connectivity index (χ0n) is 15.4. The Labute approximate surface area is 163 Å². The molecule has 0 aliphatic carbocycles. The van der Waals surface area contributed by atoms with Gasteiger partial charge in [-0.3, -0.25) is 4.79 Å². The molecule has 3 aromatic carbocycles. The molecule has 1 unspecified atom stereocenters. The summed E-state index contributed by atoms with van der Waals surface area (Å²) in [4.78, 5) is 24.9. The van der Waals surface area contributed by atoms with Gasteiger partial charge in [0.15, 0.2) is 0 Å². The fraction of sp³-hybridized carbons (Fsp3) is 0.130. The third-order valence-electron chi connectivity index (χ3n) is 3.98. The molecule has 0 spiro atoms. The van der Waals surface area contributed by atoms with E-state index >= 15 is 0 Å². The minimum Gasteiger partial charge on any atom is -0.507 e. The molecule has 0 radical (unpaired) electrons. The lowest BCUT2D eigenvalue weighted by atomic mass is 10.0. The molecule has 0 saturated carbocycles. The van der Waals surface area contributed by atoms with Gasteiger partial charge >= 0.3 is 5.97 Å². The van der Waals surface area contributed by atoms with Gasteiger partial charge in [-0.05, 0) is 31.2 Å². The Bertz CT molecular complexity index is 947. The van der Waals surface area contributed by atoms with E-state index in [1.54, 1.807) is 60.7 Å². The van der Waals surface area contributed by atoms with Crippen LogP contribution in [0, 0.1) is 0 Å². The highest BCUT2D eigenvalue weighted by Gasteiger charge is 2.21. The Morgan fingerprint density at radius 3 is 1.96 bits per heavy atom. The summed E-state index contributed by atoms with van der Waals surface area (Å²) in [5.74, 6) is -1.22. The van der Waals surface area contributed by atoms with Crippen molar-refractivity contribution >= 4 is 11.8 Å². The molecule has 1 N–H and O–H groups in total. The molecule has 0 aromatic heterocycles. The standard InChI is InChI=1S/C20H14O4.C3H6O/c21-16-12-7-13-17(24-20(23)15-10-5-2-6-11-15)18(16)19(22)14-8-3-1-4-9-14;1-3-2-4-3/h1-13,21H;3H,2H2,1H3. The molecule has 1 atom stereocenters. The van der Waals surface area contributed by atoms with Crippen molar-refractivity contribution in [1.82, 2.24) is 0 Å². The summed E-state index contributed by atoms with van der Waals surface area (Å²) in [6.45, 7) is 3.04. The van der Waals surface area contributed by atoms with E-state index in [0.717, 1.165) is 6.61 Å². The Kier molecular flexibility index (Phi) is 6.19. The largest absolute Gasteiger partial charge is 0.507 e. The molecule has 1 aliphatic heterocycles. The van der Waals surface area contributed by atoms with Gasteiger partial charge in [0.1, 0.15) is 17.1 Å². The first kappa shape index (κ1) is 19.3. The van der Waals surface area contributed by atoms with Crippen LogP contribution >= 0.6 is 0 Å². The molecule has 1 aliphatic rings. The van der Waals surface area contributed by atoms with E-state index in [0.29, 0.717) is 17.2 Å². The predicted octanol–water partition coefficient (Wildman–Crippen LogP) is 4.25. The molecular formula is C23H20O5. The molecule has 5 nitrogen and oxygen atoms in total. The summed E-state index contributed by atoms with van der Waals surface area (Å²) in [7, 11) is 0. The number of hydrogen-bond donors (Lipinski definition) is 1. The van der Waals surface area contributed by atoms with Gasteiger partial charge in [0, 0.05) is 5.56 Å². The molecule has 3 aromatic rings. The number of rotatable bonds is 4. The Balaban J connectivity index is 0.000000500. The van der Waals surface area contributed by atoms with Gasteiger partial charge in [-0.1, -0.05) is 54.6 Å². The summed E-state index contributed by atoms with van der Waals surface area (Å²) >= 11 is 0. The minimum atomic E-state index is -0.594. The lowest BCUT2D eigenvalue weighted by molar-refractivity contribution is 0.0732. The summed E-state index contributed by atoms with van der Waals surface area (Å²) in [6, 6.07) is 21.4. The van der Waals surface area contributed by atoms with Gasteiger partial charge in [-0.15, -0.1) is 0 Å². The van der Waals surface area contributed by atoms with Gasteiger partial charge in [0.25, 0.3) is 0 Å². The minimum absolute atomic E-state index is 0.0257. The van der Waals surface area contributed by atoms with Crippen LogP contribution in [-0.2, 0) is 4.74 Å². The first-order valence-corrected chi connectivity index (χ1v) is 8.87. The van der Waals surface area contributed by atoms with E-state index in [-0.39, 0.29) is 17.1 Å². The van der Waals surface area contributed by atoms with E-state index < -0.39 is 11.8 Å². The normalized spacial score (nSPS) is 14.4. The van der Waals surface area contributed by atoms with Crippen molar-refractivity contribution in [2.45, 2.75) is 13.0 Å².